The van der Waals surface area contributed by atoms with Gasteiger partial charge in [-0.25, -0.2) is 0 Å². The Labute approximate surface area is 93.5 Å². The van der Waals surface area contributed by atoms with E-state index in [0.29, 0.717) is 17.7 Å². The van der Waals surface area contributed by atoms with Gasteiger partial charge in [0.05, 0.1) is 0 Å². The fourth-order valence-electron chi connectivity index (χ4n) is 1.26. The van der Waals surface area contributed by atoms with Crippen LogP contribution in [0, 0.1) is 0 Å². The Balaban J connectivity index is 3.76. The molecule has 0 aromatic carbocycles. The summed E-state index contributed by atoms with van der Waals surface area (Å²) in [6.45, 7) is 7.98. The molecule has 0 aliphatic carbocycles. The highest BCUT2D eigenvalue weighted by Crippen LogP contribution is 2.14. The number of carbonyl (C=O) groups excluding carboxylic acids is 1. The molecule has 1 atom stereocenters. The molecule has 4 nitrogen and oxygen atoms in total. The number of nitrogens with one attached hydrogen (secondary N) is 1. The Morgan fingerprint density at radius 3 is 2.40 bits per heavy atom. The van der Waals surface area contributed by atoms with Crippen LogP contribution in [0.1, 0.15) is 20.3 Å². The first-order valence-corrected chi connectivity index (χ1v) is 6.63. The van der Waals surface area contributed by atoms with Gasteiger partial charge < -0.3 is 14.2 Å². The van der Waals surface area contributed by atoms with Crippen molar-refractivity contribution in [1.82, 2.24) is 5.32 Å². The van der Waals surface area contributed by atoms with E-state index in [2.05, 4.69) is 18.8 Å². The molecule has 15 heavy (non-hydrogen) atoms. The summed E-state index contributed by atoms with van der Waals surface area (Å²) in [4.78, 5) is 11.2. The standard InChI is InChI=1S/C10H21NO3Si/c1-8(2)10(12)11-7-6-9(3)15(13-4)14-5/h9,15H,1,6-7H2,2-5H3,(H,11,12). The molecular weight excluding hydrogens is 210 g/mol. The van der Waals surface area contributed by atoms with Gasteiger partial charge in [-0.15, -0.1) is 0 Å². The molecule has 1 N–H and O–H groups in total. The van der Waals surface area contributed by atoms with Gasteiger partial charge in [0.2, 0.25) is 5.91 Å². The van der Waals surface area contributed by atoms with Gasteiger partial charge >= 0.3 is 9.28 Å². The van der Waals surface area contributed by atoms with E-state index >= 15 is 0 Å². The van der Waals surface area contributed by atoms with Crippen LogP contribution < -0.4 is 5.32 Å². The molecule has 0 aromatic rings. The van der Waals surface area contributed by atoms with Gasteiger partial charge in [0.1, 0.15) is 0 Å². The Bertz CT molecular complexity index is 217. The molecule has 0 radical (unpaired) electrons. The van der Waals surface area contributed by atoms with Crippen molar-refractivity contribution in [2.24, 2.45) is 0 Å². The Morgan fingerprint density at radius 1 is 1.47 bits per heavy atom. The Hall–Kier alpha value is -0.653. The molecule has 0 aliphatic rings. The van der Waals surface area contributed by atoms with Gasteiger partial charge in [0, 0.05) is 26.3 Å². The highest BCUT2D eigenvalue weighted by atomic mass is 28.3. The van der Waals surface area contributed by atoms with E-state index in [1.54, 1.807) is 21.1 Å². The van der Waals surface area contributed by atoms with E-state index in [1.807, 2.05) is 0 Å². The lowest BCUT2D eigenvalue weighted by atomic mass is 10.3. The highest BCUT2D eigenvalue weighted by molar-refractivity contribution is 6.46. The van der Waals surface area contributed by atoms with Crippen LogP contribution in [0.5, 0.6) is 0 Å². The average molecular weight is 231 g/mol. The molecule has 0 saturated carbocycles. The fourth-order valence-corrected chi connectivity index (χ4v) is 2.82. The van der Waals surface area contributed by atoms with Crippen LogP contribution in [0.3, 0.4) is 0 Å². The number of amides is 1. The van der Waals surface area contributed by atoms with Gasteiger partial charge in [0.15, 0.2) is 0 Å². The SMILES string of the molecule is C=C(C)C(=O)NCCC(C)[SiH](OC)OC. The van der Waals surface area contributed by atoms with E-state index in [0.717, 1.165) is 6.42 Å². The van der Waals surface area contributed by atoms with Crippen molar-refractivity contribution < 1.29 is 13.6 Å². The zero-order chi connectivity index (χ0) is 11.8. The second kappa shape index (κ2) is 7.61. The van der Waals surface area contributed by atoms with Crippen LogP contribution in [0.15, 0.2) is 12.2 Å². The van der Waals surface area contributed by atoms with E-state index in [-0.39, 0.29) is 5.91 Å². The predicted octanol–water partition coefficient (Wildman–Crippen LogP) is 0.972. The molecule has 1 unspecified atom stereocenters. The first-order valence-electron chi connectivity index (χ1n) is 5.02. The number of carbonyl (C=O) groups is 1. The summed E-state index contributed by atoms with van der Waals surface area (Å²) in [6.07, 6.45) is 0.873. The lowest BCUT2D eigenvalue weighted by Crippen LogP contribution is -2.30. The predicted molar refractivity (Wildman–Crippen MR) is 63.0 cm³/mol. The van der Waals surface area contributed by atoms with Crippen LogP contribution in [-0.4, -0.2) is 36.0 Å². The summed E-state index contributed by atoms with van der Waals surface area (Å²) < 4.78 is 10.5. The number of hydrogen-bond acceptors (Lipinski definition) is 3. The molecule has 0 spiro atoms. The lowest BCUT2D eigenvalue weighted by Gasteiger charge is -2.18. The maximum absolute atomic E-state index is 11.2. The molecule has 1 amide bonds. The third-order valence-electron chi connectivity index (χ3n) is 2.20. The van der Waals surface area contributed by atoms with Crippen molar-refractivity contribution in [3.8, 4) is 0 Å². The maximum atomic E-state index is 11.2. The summed E-state index contributed by atoms with van der Waals surface area (Å²) in [5, 5.41) is 2.79. The molecule has 0 fully saturated rings. The van der Waals surface area contributed by atoms with Crippen molar-refractivity contribution in [3.63, 3.8) is 0 Å². The smallest absolute Gasteiger partial charge is 0.323 e. The third kappa shape index (κ3) is 5.71. The summed E-state index contributed by atoms with van der Waals surface area (Å²) in [6, 6.07) is 0. The third-order valence-corrected chi connectivity index (χ3v) is 4.39. The first-order chi connectivity index (χ1) is 7.02. The van der Waals surface area contributed by atoms with Crippen molar-refractivity contribution >= 4 is 15.2 Å². The molecule has 0 aliphatic heterocycles. The summed E-state index contributed by atoms with van der Waals surface area (Å²) in [5.74, 6) is -0.0877. The zero-order valence-corrected chi connectivity index (χ0v) is 11.2. The minimum absolute atomic E-state index is 0.0877. The largest absolute Gasteiger partial charge is 0.400 e. The van der Waals surface area contributed by atoms with Crippen molar-refractivity contribution in [2.45, 2.75) is 25.8 Å². The van der Waals surface area contributed by atoms with Gasteiger partial charge in [-0.1, -0.05) is 13.5 Å². The molecule has 5 heteroatoms. The summed E-state index contributed by atoms with van der Waals surface area (Å²) in [7, 11) is 1.79. The summed E-state index contributed by atoms with van der Waals surface area (Å²) in [5.41, 5.74) is 0.917. The van der Waals surface area contributed by atoms with Crippen molar-refractivity contribution in [3.05, 3.63) is 12.2 Å². The Morgan fingerprint density at radius 2 is 2.00 bits per heavy atom. The monoisotopic (exact) mass is 231 g/mol. The van der Waals surface area contributed by atoms with Crippen LogP contribution in [0.4, 0.5) is 0 Å². The van der Waals surface area contributed by atoms with E-state index in [4.69, 9.17) is 8.85 Å². The molecule has 0 rings (SSSR count). The van der Waals surface area contributed by atoms with Crippen molar-refractivity contribution in [1.29, 1.82) is 0 Å². The normalized spacial score (nSPS) is 12.6. The van der Waals surface area contributed by atoms with E-state index in [1.165, 1.54) is 0 Å². The van der Waals surface area contributed by atoms with Gasteiger partial charge in [-0.05, 0) is 18.9 Å². The molecular formula is C10H21NO3Si. The topological polar surface area (TPSA) is 47.6 Å². The van der Waals surface area contributed by atoms with Crippen LogP contribution >= 0.6 is 0 Å². The minimum Gasteiger partial charge on any atom is -0.400 e. The van der Waals surface area contributed by atoms with Crippen molar-refractivity contribution in [2.75, 3.05) is 20.8 Å². The Kier molecular flexibility index (Phi) is 7.28. The van der Waals surface area contributed by atoms with E-state index in [9.17, 15) is 4.79 Å². The summed E-state index contributed by atoms with van der Waals surface area (Å²) >= 11 is 0. The number of rotatable bonds is 7. The molecule has 0 heterocycles. The molecule has 0 aromatic heterocycles. The van der Waals surface area contributed by atoms with Gasteiger partial charge in [0.25, 0.3) is 0 Å². The molecule has 0 saturated heterocycles. The van der Waals surface area contributed by atoms with E-state index < -0.39 is 9.28 Å². The van der Waals surface area contributed by atoms with Crippen LogP contribution in [0.2, 0.25) is 5.54 Å². The second-order valence-electron chi connectivity index (χ2n) is 3.64. The van der Waals surface area contributed by atoms with Gasteiger partial charge in [-0.2, -0.15) is 0 Å². The number of hydrogen-bond donors (Lipinski definition) is 1. The molecule has 88 valence electrons. The maximum Gasteiger partial charge on any atom is 0.323 e. The lowest BCUT2D eigenvalue weighted by molar-refractivity contribution is -0.117. The molecule has 0 bridgehead atoms. The highest BCUT2D eigenvalue weighted by Gasteiger charge is 2.19. The zero-order valence-electron chi connectivity index (χ0n) is 10.0. The van der Waals surface area contributed by atoms with Gasteiger partial charge in [-0.3, -0.25) is 4.79 Å². The fraction of sp³-hybridized carbons (Fsp3) is 0.700. The van der Waals surface area contributed by atoms with Crippen LogP contribution in [-0.2, 0) is 13.6 Å². The average Bonchev–Trinajstić information content (AvgIpc) is 2.19. The minimum atomic E-state index is -1.55. The second-order valence-corrected chi connectivity index (χ2v) is 6.46. The first kappa shape index (κ1) is 14.3. The van der Waals surface area contributed by atoms with Crippen LogP contribution in [0.25, 0.3) is 0 Å². The quantitative estimate of drug-likeness (QED) is 0.525.